The van der Waals surface area contributed by atoms with Gasteiger partial charge >= 0.3 is 0 Å². The lowest BCUT2D eigenvalue weighted by Gasteiger charge is -2.39. The van der Waals surface area contributed by atoms with E-state index < -0.39 is 0 Å². The molecule has 0 aromatic heterocycles. The van der Waals surface area contributed by atoms with E-state index in [-0.39, 0.29) is 0 Å². The Balaban J connectivity index is 2.16. The Morgan fingerprint density at radius 1 is 1.47 bits per heavy atom. The molecule has 1 aromatic rings. The predicted octanol–water partition coefficient (Wildman–Crippen LogP) is 5.05. The lowest BCUT2D eigenvalue weighted by Crippen LogP contribution is -2.41. The second-order valence-electron chi connectivity index (χ2n) is 5.13. The lowest BCUT2D eigenvalue weighted by molar-refractivity contribution is 0.305. The van der Waals surface area contributed by atoms with Crippen molar-refractivity contribution in [3.63, 3.8) is 0 Å². The number of thioether (sulfide) groups is 1. The number of anilines is 1. The SMILES string of the molecule is CC1(C)CCSCC1Nc1cc(Cl)ccc1Br. The van der Waals surface area contributed by atoms with Crippen molar-refractivity contribution in [1.82, 2.24) is 0 Å². The molecular formula is C13H17BrClNS. The molecule has 94 valence electrons. The summed E-state index contributed by atoms with van der Waals surface area (Å²) in [5.41, 5.74) is 1.44. The molecule has 1 unspecified atom stereocenters. The summed E-state index contributed by atoms with van der Waals surface area (Å²) < 4.78 is 1.08. The fourth-order valence-corrected chi connectivity index (χ4v) is 4.11. The average molecular weight is 335 g/mol. The summed E-state index contributed by atoms with van der Waals surface area (Å²) in [6.45, 7) is 4.67. The number of hydrogen-bond donors (Lipinski definition) is 1. The molecule has 0 aliphatic carbocycles. The summed E-state index contributed by atoms with van der Waals surface area (Å²) in [4.78, 5) is 0. The van der Waals surface area contributed by atoms with E-state index >= 15 is 0 Å². The van der Waals surface area contributed by atoms with Gasteiger partial charge in [-0.15, -0.1) is 0 Å². The minimum Gasteiger partial charge on any atom is -0.380 e. The average Bonchev–Trinajstić information content (AvgIpc) is 2.26. The molecule has 1 N–H and O–H groups in total. The molecule has 0 bridgehead atoms. The number of halogens is 2. The number of hydrogen-bond acceptors (Lipinski definition) is 2. The van der Waals surface area contributed by atoms with Crippen molar-refractivity contribution >= 4 is 45.0 Å². The maximum atomic E-state index is 6.04. The molecule has 1 atom stereocenters. The number of benzene rings is 1. The van der Waals surface area contributed by atoms with Crippen molar-refractivity contribution in [3.8, 4) is 0 Å². The first-order valence-corrected chi connectivity index (χ1v) is 8.11. The van der Waals surface area contributed by atoms with Crippen LogP contribution in [0.4, 0.5) is 5.69 Å². The zero-order valence-electron chi connectivity index (χ0n) is 10.1. The van der Waals surface area contributed by atoms with Gasteiger partial charge in [0, 0.05) is 21.3 Å². The second-order valence-corrected chi connectivity index (χ2v) is 7.58. The highest BCUT2D eigenvalue weighted by Gasteiger charge is 2.32. The number of nitrogens with one attached hydrogen (secondary N) is 1. The van der Waals surface area contributed by atoms with Crippen LogP contribution in [0.25, 0.3) is 0 Å². The van der Waals surface area contributed by atoms with Crippen LogP contribution in [0.1, 0.15) is 20.3 Å². The van der Waals surface area contributed by atoms with Crippen LogP contribution in [-0.2, 0) is 0 Å². The smallest absolute Gasteiger partial charge is 0.0502 e. The van der Waals surface area contributed by atoms with Gasteiger partial charge in [-0.25, -0.2) is 0 Å². The van der Waals surface area contributed by atoms with E-state index in [1.165, 1.54) is 12.2 Å². The third-order valence-corrected chi connectivity index (χ3v) is 5.37. The van der Waals surface area contributed by atoms with E-state index in [9.17, 15) is 0 Å². The van der Waals surface area contributed by atoms with Crippen LogP contribution in [-0.4, -0.2) is 17.5 Å². The highest BCUT2D eigenvalue weighted by atomic mass is 79.9. The summed E-state index contributed by atoms with van der Waals surface area (Å²) in [6.07, 6.45) is 1.26. The van der Waals surface area contributed by atoms with E-state index in [2.05, 4.69) is 35.1 Å². The Bertz CT molecular complexity index is 408. The molecule has 1 heterocycles. The Labute approximate surface area is 121 Å². The molecule has 0 spiro atoms. The molecule has 1 aliphatic heterocycles. The standard InChI is InChI=1S/C13H17BrClNS/c1-13(2)5-6-17-8-12(13)16-11-7-9(15)3-4-10(11)14/h3-4,7,12,16H,5-6,8H2,1-2H3. The quantitative estimate of drug-likeness (QED) is 0.812. The molecule has 1 aliphatic rings. The molecule has 1 aromatic carbocycles. The van der Waals surface area contributed by atoms with Gasteiger partial charge in [0.15, 0.2) is 0 Å². The van der Waals surface area contributed by atoms with Crippen molar-refractivity contribution in [2.75, 3.05) is 16.8 Å². The predicted molar refractivity (Wildman–Crippen MR) is 82.3 cm³/mol. The van der Waals surface area contributed by atoms with Crippen LogP contribution >= 0.6 is 39.3 Å². The van der Waals surface area contributed by atoms with Crippen LogP contribution in [0.3, 0.4) is 0 Å². The minimum atomic E-state index is 0.340. The van der Waals surface area contributed by atoms with Crippen LogP contribution < -0.4 is 5.32 Å². The summed E-state index contributed by atoms with van der Waals surface area (Å²) in [6, 6.07) is 6.38. The van der Waals surface area contributed by atoms with Gasteiger partial charge in [0.05, 0.1) is 5.69 Å². The Kier molecular flexibility index (Phi) is 4.32. The molecule has 1 fully saturated rings. The summed E-state index contributed by atoms with van der Waals surface area (Å²) in [7, 11) is 0. The highest BCUT2D eigenvalue weighted by Crippen LogP contribution is 2.37. The van der Waals surface area contributed by atoms with Crippen molar-refractivity contribution in [2.24, 2.45) is 5.41 Å². The third-order valence-electron chi connectivity index (χ3n) is 3.38. The van der Waals surface area contributed by atoms with Gasteiger partial charge in [-0.05, 0) is 51.7 Å². The topological polar surface area (TPSA) is 12.0 Å². The molecular weight excluding hydrogens is 318 g/mol. The van der Waals surface area contributed by atoms with E-state index in [4.69, 9.17) is 11.6 Å². The summed E-state index contributed by atoms with van der Waals surface area (Å²) >= 11 is 11.6. The van der Waals surface area contributed by atoms with Gasteiger partial charge in [-0.2, -0.15) is 11.8 Å². The largest absolute Gasteiger partial charge is 0.380 e. The third kappa shape index (κ3) is 3.33. The zero-order chi connectivity index (χ0) is 12.5. The maximum Gasteiger partial charge on any atom is 0.0502 e. The second kappa shape index (κ2) is 5.41. The van der Waals surface area contributed by atoms with Crippen LogP contribution in [0.2, 0.25) is 5.02 Å². The summed E-state index contributed by atoms with van der Waals surface area (Å²) in [5, 5.41) is 4.40. The van der Waals surface area contributed by atoms with Gasteiger partial charge in [0.25, 0.3) is 0 Å². The molecule has 2 rings (SSSR count). The van der Waals surface area contributed by atoms with Crippen molar-refractivity contribution in [3.05, 3.63) is 27.7 Å². The van der Waals surface area contributed by atoms with Gasteiger partial charge in [0.1, 0.15) is 0 Å². The molecule has 1 nitrogen and oxygen atoms in total. The number of rotatable bonds is 2. The molecule has 0 amide bonds. The molecule has 4 heteroatoms. The monoisotopic (exact) mass is 333 g/mol. The van der Waals surface area contributed by atoms with Gasteiger partial charge in [0.2, 0.25) is 0 Å². The zero-order valence-corrected chi connectivity index (χ0v) is 13.3. The van der Waals surface area contributed by atoms with Crippen molar-refractivity contribution in [1.29, 1.82) is 0 Å². The lowest BCUT2D eigenvalue weighted by atomic mass is 9.82. The molecule has 0 radical (unpaired) electrons. The van der Waals surface area contributed by atoms with Crippen molar-refractivity contribution in [2.45, 2.75) is 26.3 Å². The Morgan fingerprint density at radius 2 is 2.24 bits per heavy atom. The van der Waals surface area contributed by atoms with Crippen LogP contribution in [0.5, 0.6) is 0 Å². The van der Waals surface area contributed by atoms with E-state index in [1.807, 2.05) is 30.0 Å². The normalized spacial score (nSPS) is 23.4. The molecule has 0 saturated carbocycles. The highest BCUT2D eigenvalue weighted by molar-refractivity contribution is 9.10. The van der Waals surface area contributed by atoms with Crippen LogP contribution in [0.15, 0.2) is 22.7 Å². The Hall–Kier alpha value is 0.140. The fourth-order valence-electron chi connectivity index (χ4n) is 1.97. The first-order valence-electron chi connectivity index (χ1n) is 5.78. The minimum absolute atomic E-state index is 0.340. The van der Waals surface area contributed by atoms with E-state index in [1.54, 1.807) is 0 Å². The summed E-state index contributed by atoms with van der Waals surface area (Å²) in [5.74, 6) is 2.42. The molecule has 1 saturated heterocycles. The first kappa shape index (κ1) is 13.6. The maximum absolute atomic E-state index is 6.04. The van der Waals surface area contributed by atoms with Gasteiger partial charge in [-0.3, -0.25) is 0 Å². The van der Waals surface area contributed by atoms with Gasteiger partial charge in [-0.1, -0.05) is 25.4 Å². The first-order chi connectivity index (χ1) is 7.99. The molecule has 17 heavy (non-hydrogen) atoms. The van der Waals surface area contributed by atoms with Gasteiger partial charge < -0.3 is 5.32 Å². The van der Waals surface area contributed by atoms with Crippen molar-refractivity contribution < 1.29 is 0 Å². The van der Waals surface area contributed by atoms with Crippen LogP contribution in [0, 0.1) is 5.41 Å². The fraction of sp³-hybridized carbons (Fsp3) is 0.538. The van der Waals surface area contributed by atoms with E-state index in [0.717, 1.165) is 20.9 Å². The Morgan fingerprint density at radius 3 is 2.94 bits per heavy atom. The van der Waals surface area contributed by atoms with E-state index in [0.29, 0.717) is 11.5 Å².